The van der Waals surface area contributed by atoms with Crippen LogP contribution in [0, 0.1) is 0 Å². The second-order valence-electron chi connectivity index (χ2n) is 5.54. The Balaban J connectivity index is 1.75. The number of rotatable bonds is 6. The van der Waals surface area contributed by atoms with Crippen molar-refractivity contribution in [2.75, 3.05) is 18.6 Å². The van der Waals surface area contributed by atoms with E-state index in [9.17, 15) is 4.79 Å². The zero-order chi connectivity index (χ0) is 17.6. The molecule has 0 aliphatic heterocycles. The highest BCUT2D eigenvalue weighted by Crippen LogP contribution is 2.27. The van der Waals surface area contributed by atoms with E-state index in [0.717, 1.165) is 27.7 Å². The van der Waals surface area contributed by atoms with Crippen LogP contribution in [0.15, 0.2) is 60.0 Å². The minimum absolute atomic E-state index is 0.0432. The van der Waals surface area contributed by atoms with Crippen molar-refractivity contribution in [3.63, 3.8) is 0 Å². The second kappa shape index (κ2) is 7.94. The molecule has 0 aliphatic carbocycles. The van der Waals surface area contributed by atoms with Crippen LogP contribution in [-0.4, -0.2) is 24.5 Å². The number of thiazole rings is 1. The number of carbonyl (C=O) groups is 1. The average molecular weight is 352 g/mol. The molecule has 4 nitrogen and oxygen atoms in total. The number of aromatic nitrogens is 1. The first-order chi connectivity index (χ1) is 12.2. The lowest BCUT2D eigenvalue weighted by Crippen LogP contribution is -2.31. The van der Waals surface area contributed by atoms with Crippen molar-refractivity contribution in [3.05, 3.63) is 65.5 Å². The highest BCUT2D eigenvalue weighted by Gasteiger charge is 2.18. The average Bonchev–Trinajstić information content (AvgIpc) is 3.13. The SMILES string of the molecule is CCN(C(=O)Cc1ccc(OC)cc1)c1nc(-c2ccccc2)cs1. The molecule has 1 amide bonds. The van der Waals surface area contributed by atoms with Gasteiger partial charge in [-0.2, -0.15) is 0 Å². The molecule has 0 spiro atoms. The smallest absolute Gasteiger partial charge is 0.233 e. The first kappa shape index (κ1) is 17.2. The molecular formula is C20H20N2O2S. The lowest BCUT2D eigenvalue weighted by Gasteiger charge is -2.17. The molecular weight excluding hydrogens is 332 g/mol. The molecule has 0 radical (unpaired) electrons. The summed E-state index contributed by atoms with van der Waals surface area (Å²) in [5, 5.41) is 2.73. The van der Waals surface area contributed by atoms with Crippen LogP contribution in [0.5, 0.6) is 5.75 Å². The van der Waals surface area contributed by atoms with Crippen LogP contribution in [0.1, 0.15) is 12.5 Å². The van der Waals surface area contributed by atoms with Gasteiger partial charge in [-0.15, -0.1) is 11.3 Å². The van der Waals surface area contributed by atoms with Gasteiger partial charge in [-0.3, -0.25) is 9.69 Å². The van der Waals surface area contributed by atoms with Gasteiger partial charge in [0.15, 0.2) is 5.13 Å². The molecule has 0 aliphatic rings. The summed E-state index contributed by atoms with van der Waals surface area (Å²) in [6.07, 6.45) is 0.345. The molecule has 128 valence electrons. The van der Waals surface area contributed by atoms with E-state index in [1.165, 1.54) is 11.3 Å². The predicted octanol–water partition coefficient (Wildman–Crippen LogP) is 4.41. The maximum absolute atomic E-state index is 12.7. The van der Waals surface area contributed by atoms with E-state index in [-0.39, 0.29) is 5.91 Å². The molecule has 3 aromatic rings. The van der Waals surface area contributed by atoms with E-state index in [4.69, 9.17) is 4.74 Å². The van der Waals surface area contributed by atoms with Gasteiger partial charge in [-0.1, -0.05) is 42.5 Å². The number of benzene rings is 2. The Labute approximate surface area is 151 Å². The largest absolute Gasteiger partial charge is 0.497 e. The summed E-state index contributed by atoms with van der Waals surface area (Å²) in [5.41, 5.74) is 2.92. The molecule has 0 atom stereocenters. The molecule has 1 heterocycles. The summed E-state index contributed by atoms with van der Waals surface area (Å²) in [6, 6.07) is 17.6. The maximum Gasteiger partial charge on any atom is 0.233 e. The quantitative estimate of drug-likeness (QED) is 0.660. The van der Waals surface area contributed by atoms with E-state index < -0.39 is 0 Å². The summed E-state index contributed by atoms with van der Waals surface area (Å²) in [6.45, 7) is 2.56. The monoisotopic (exact) mass is 352 g/mol. The summed E-state index contributed by atoms with van der Waals surface area (Å²) in [7, 11) is 1.63. The van der Waals surface area contributed by atoms with E-state index in [1.807, 2.05) is 66.9 Å². The normalized spacial score (nSPS) is 10.5. The van der Waals surface area contributed by atoms with Gasteiger partial charge in [-0.05, 0) is 24.6 Å². The van der Waals surface area contributed by atoms with Gasteiger partial charge in [-0.25, -0.2) is 4.98 Å². The van der Waals surface area contributed by atoms with Crippen molar-refractivity contribution in [2.45, 2.75) is 13.3 Å². The molecule has 0 N–H and O–H groups in total. The van der Waals surface area contributed by atoms with E-state index in [1.54, 1.807) is 12.0 Å². The minimum atomic E-state index is 0.0432. The Kier molecular flexibility index (Phi) is 5.46. The first-order valence-electron chi connectivity index (χ1n) is 8.15. The number of methoxy groups -OCH3 is 1. The lowest BCUT2D eigenvalue weighted by molar-refractivity contribution is -0.117. The number of ether oxygens (including phenoxy) is 1. The topological polar surface area (TPSA) is 42.4 Å². The van der Waals surface area contributed by atoms with Gasteiger partial charge in [0.2, 0.25) is 5.91 Å². The summed E-state index contributed by atoms with van der Waals surface area (Å²) >= 11 is 1.50. The molecule has 1 aromatic heterocycles. The van der Waals surface area contributed by atoms with Gasteiger partial charge < -0.3 is 4.74 Å². The van der Waals surface area contributed by atoms with Crippen molar-refractivity contribution in [1.29, 1.82) is 0 Å². The fourth-order valence-electron chi connectivity index (χ4n) is 2.56. The van der Waals surface area contributed by atoms with Crippen LogP contribution in [-0.2, 0) is 11.2 Å². The van der Waals surface area contributed by atoms with Crippen molar-refractivity contribution in [2.24, 2.45) is 0 Å². The highest BCUT2D eigenvalue weighted by atomic mass is 32.1. The van der Waals surface area contributed by atoms with E-state index >= 15 is 0 Å². The minimum Gasteiger partial charge on any atom is -0.497 e. The summed E-state index contributed by atoms with van der Waals surface area (Å²) < 4.78 is 5.15. The van der Waals surface area contributed by atoms with Crippen LogP contribution in [0.4, 0.5) is 5.13 Å². The summed E-state index contributed by atoms with van der Waals surface area (Å²) in [4.78, 5) is 19.1. The molecule has 3 rings (SSSR count). The fourth-order valence-corrected chi connectivity index (χ4v) is 3.48. The molecule has 0 saturated heterocycles. The van der Waals surface area contributed by atoms with E-state index in [2.05, 4.69) is 4.98 Å². The zero-order valence-electron chi connectivity index (χ0n) is 14.3. The molecule has 0 saturated carbocycles. The standard InChI is InChI=1S/C20H20N2O2S/c1-3-22(19(23)13-15-9-11-17(24-2)12-10-15)20-21-18(14-25-20)16-7-5-4-6-8-16/h4-12,14H,3,13H2,1-2H3. The molecule has 0 unspecified atom stereocenters. The van der Waals surface area contributed by atoms with E-state index in [0.29, 0.717) is 13.0 Å². The van der Waals surface area contributed by atoms with Gasteiger partial charge in [0.1, 0.15) is 5.75 Å². The van der Waals surface area contributed by atoms with Gasteiger partial charge in [0.05, 0.1) is 19.2 Å². The third-order valence-corrected chi connectivity index (χ3v) is 4.79. The number of amides is 1. The Morgan fingerprint density at radius 2 is 1.84 bits per heavy atom. The zero-order valence-corrected chi connectivity index (χ0v) is 15.1. The fraction of sp³-hybridized carbons (Fsp3) is 0.200. The molecule has 0 bridgehead atoms. The number of nitrogens with zero attached hydrogens (tertiary/aromatic N) is 2. The number of anilines is 1. The molecule has 25 heavy (non-hydrogen) atoms. The third kappa shape index (κ3) is 4.06. The van der Waals surface area contributed by atoms with Crippen LogP contribution < -0.4 is 9.64 Å². The van der Waals surface area contributed by atoms with Crippen LogP contribution in [0.2, 0.25) is 0 Å². The lowest BCUT2D eigenvalue weighted by atomic mass is 10.1. The molecule has 2 aromatic carbocycles. The summed E-state index contributed by atoms with van der Waals surface area (Å²) in [5.74, 6) is 0.831. The van der Waals surface area contributed by atoms with Crippen LogP contribution in [0.3, 0.4) is 0 Å². The second-order valence-corrected chi connectivity index (χ2v) is 6.38. The van der Waals surface area contributed by atoms with Gasteiger partial charge in [0, 0.05) is 17.5 Å². The number of hydrogen-bond donors (Lipinski definition) is 0. The maximum atomic E-state index is 12.7. The Hall–Kier alpha value is -2.66. The number of carbonyl (C=O) groups excluding carboxylic acids is 1. The number of hydrogen-bond acceptors (Lipinski definition) is 4. The Morgan fingerprint density at radius 3 is 2.48 bits per heavy atom. The highest BCUT2D eigenvalue weighted by molar-refractivity contribution is 7.14. The van der Waals surface area contributed by atoms with Gasteiger partial charge in [0.25, 0.3) is 0 Å². The molecule has 0 fully saturated rings. The predicted molar refractivity (Wildman–Crippen MR) is 102 cm³/mol. The van der Waals surface area contributed by atoms with Crippen LogP contribution >= 0.6 is 11.3 Å². The van der Waals surface area contributed by atoms with Crippen molar-refractivity contribution < 1.29 is 9.53 Å². The third-order valence-electron chi connectivity index (χ3n) is 3.92. The number of likely N-dealkylation sites (N-methyl/N-ethyl adjacent to an activating group) is 1. The van der Waals surface area contributed by atoms with Crippen molar-refractivity contribution in [3.8, 4) is 17.0 Å². The van der Waals surface area contributed by atoms with Crippen molar-refractivity contribution >= 4 is 22.4 Å². The van der Waals surface area contributed by atoms with Gasteiger partial charge >= 0.3 is 0 Å². The Morgan fingerprint density at radius 1 is 1.12 bits per heavy atom. The van der Waals surface area contributed by atoms with Crippen molar-refractivity contribution in [1.82, 2.24) is 4.98 Å². The Bertz CT molecular complexity index is 828. The molecule has 5 heteroatoms. The van der Waals surface area contributed by atoms with Crippen LogP contribution in [0.25, 0.3) is 11.3 Å². The first-order valence-corrected chi connectivity index (χ1v) is 9.03.